The van der Waals surface area contributed by atoms with Gasteiger partial charge in [-0.15, -0.1) is 0 Å². The molecular weight excluding hydrogens is 252 g/mol. The number of hydrogen-bond acceptors (Lipinski definition) is 3. The summed E-state index contributed by atoms with van der Waals surface area (Å²) in [6, 6.07) is 9.62. The number of aldehydes is 1. The van der Waals surface area contributed by atoms with Crippen molar-refractivity contribution in [3.8, 4) is 11.5 Å². The average Bonchev–Trinajstić information content (AvgIpc) is 2.50. The van der Waals surface area contributed by atoms with E-state index in [0.29, 0.717) is 24.5 Å². The molecule has 2 rings (SSSR count). The summed E-state index contributed by atoms with van der Waals surface area (Å²) < 4.78 is 11.4. The molecule has 0 heterocycles. The second-order valence-corrected chi connectivity index (χ2v) is 4.68. The Morgan fingerprint density at radius 2 is 1.70 bits per heavy atom. The summed E-state index contributed by atoms with van der Waals surface area (Å²) in [6.07, 6.45) is 2.70. The number of carbonyl (C=O) groups is 1. The van der Waals surface area contributed by atoms with E-state index in [2.05, 4.69) is 6.92 Å². The monoisotopic (exact) mass is 272 g/mol. The van der Waals surface area contributed by atoms with Crippen molar-refractivity contribution in [2.45, 2.75) is 26.7 Å². The Kier molecular flexibility index (Phi) is 4.99. The largest absolute Gasteiger partial charge is 0.494 e. The molecule has 0 aromatic heterocycles. The van der Waals surface area contributed by atoms with Gasteiger partial charge in [-0.2, -0.15) is 0 Å². The maximum atomic E-state index is 11.2. The highest BCUT2D eigenvalue weighted by Crippen LogP contribution is 2.32. The predicted octanol–water partition coefficient (Wildman–Crippen LogP) is 4.23. The van der Waals surface area contributed by atoms with Crippen LogP contribution in [0.5, 0.6) is 11.5 Å². The molecule has 0 aliphatic rings. The molecule has 20 heavy (non-hydrogen) atoms. The van der Waals surface area contributed by atoms with Gasteiger partial charge in [-0.25, -0.2) is 0 Å². The molecule has 0 atom stereocenters. The summed E-state index contributed by atoms with van der Waals surface area (Å²) in [7, 11) is 0. The fourth-order valence-corrected chi connectivity index (χ4v) is 2.06. The van der Waals surface area contributed by atoms with Crippen molar-refractivity contribution in [3.05, 3.63) is 35.9 Å². The lowest BCUT2D eigenvalue weighted by atomic mass is 10.1. The van der Waals surface area contributed by atoms with E-state index < -0.39 is 0 Å². The number of hydrogen-bond donors (Lipinski definition) is 0. The highest BCUT2D eigenvalue weighted by atomic mass is 16.5. The fraction of sp³-hybridized carbons (Fsp3) is 0.353. The number of rotatable bonds is 7. The molecule has 0 amide bonds. The molecule has 0 N–H and O–H groups in total. The molecule has 0 fully saturated rings. The summed E-state index contributed by atoms with van der Waals surface area (Å²) in [5, 5.41) is 1.97. The minimum atomic E-state index is 0.582. The highest BCUT2D eigenvalue weighted by molar-refractivity contribution is 5.96. The minimum absolute atomic E-state index is 0.582. The first-order valence-corrected chi connectivity index (χ1v) is 7.07. The Balaban J connectivity index is 2.47. The van der Waals surface area contributed by atoms with Gasteiger partial charge in [0.1, 0.15) is 11.5 Å². The van der Waals surface area contributed by atoms with Crippen LogP contribution in [-0.4, -0.2) is 19.5 Å². The molecule has 2 aromatic carbocycles. The lowest BCUT2D eigenvalue weighted by molar-refractivity contribution is 0.112. The van der Waals surface area contributed by atoms with Gasteiger partial charge < -0.3 is 9.47 Å². The van der Waals surface area contributed by atoms with Crippen LogP contribution < -0.4 is 9.47 Å². The van der Waals surface area contributed by atoms with Crippen molar-refractivity contribution in [3.63, 3.8) is 0 Å². The first kappa shape index (κ1) is 14.4. The van der Waals surface area contributed by atoms with Crippen LogP contribution >= 0.6 is 0 Å². The molecule has 2 aromatic rings. The van der Waals surface area contributed by atoms with Gasteiger partial charge in [-0.1, -0.05) is 26.0 Å². The van der Waals surface area contributed by atoms with Crippen molar-refractivity contribution in [1.82, 2.24) is 0 Å². The van der Waals surface area contributed by atoms with Crippen molar-refractivity contribution in [2.75, 3.05) is 13.2 Å². The fourth-order valence-electron chi connectivity index (χ4n) is 2.06. The van der Waals surface area contributed by atoms with Gasteiger partial charge >= 0.3 is 0 Å². The normalized spacial score (nSPS) is 10.5. The highest BCUT2D eigenvalue weighted by Gasteiger charge is 2.09. The van der Waals surface area contributed by atoms with Gasteiger partial charge in [0.15, 0.2) is 6.29 Å². The maximum Gasteiger partial charge on any atom is 0.153 e. The van der Waals surface area contributed by atoms with E-state index in [4.69, 9.17) is 9.47 Å². The van der Waals surface area contributed by atoms with Crippen molar-refractivity contribution < 1.29 is 14.3 Å². The van der Waals surface area contributed by atoms with Crippen LogP contribution in [0, 0.1) is 0 Å². The first-order chi connectivity index (χ1) is 9.80. The van der Waals surface area contributed by atoms with Crippen molar-refractivity contribution in [2.24, 2.45) is 0 Å². The number of fused-ring (bicyclic) bond motifs is 1. The number of ether oxygens (including phenoxy) is 2. The molecule has 3 heteroatoms. The zero-order chi connectivity index (χ0) is 14.4. The molecule has 3 nitrogen and oxygen atoms in total. The Hall–Kier alpha value is -2.03. The second kappa shape index (κ2) is 6.94. The average molecular weight is 272 g/mol. The smallest absolute Gasteiger partial charge is 0.153 e. The number of benzene rings is 2. The van der Waals surface area contributed by atoms with Crippen LogP contribution in [0.4, 0.5) is 0 Å². The van der Waals surface area contributed by atoms with Crippen molar-refractivity contribution >= 4 is 17.1 Å². The van der Waals surface area contributed by atoms with Crippen molar-refractivity contribution in [1.29, 1.82) is 0 Å². The topological polar surface area (TPSA) is 35.5 Å². The SMILES string of the molecule is CCCOc1ccc2ccc(C=O)c(OCCC)c2c1. The van der Waals surface area contributed by atoms with Crippen LogP contribution in [-0.2, 0) is 0 Å². The summed E-state index contributed by atoms with van der Waals surface area (Å²) in [5.74, 6) is 1.46. The molecule has 0 radical (unpaired) electrons. The molecule has 0 saturated carbocycles. The van der Waals surface area contributed by atoms with E-state index in [0.717, 1.165) is 35.6 Å². The van der Waals surface area contributed by atoms with Gasteiger partial charge in [0.2, 0.25) is 0 Å². The van der Waals surface area contributed by atoms with E-state index in [1.54, 1.807) is 6.07 Å². The van der Waals surface area contributed by atoms with Crippen LogP contribution in [0.1, 0.15) is 37.0 Å². The summed E-state index contributed by atoms with van der Waals surface area (Å²) >= 11 is 0. The van der Waals surface area contributed by atoms with Crippen LogP contribution in [0.15, 0.2) is 30.3 Å². The Morgan fingerprint density at radius 3 is 2.40 bits per heavy atom. The predicted molar refractivity (Wildman–Crippen MR) is 80.9 cm³/mol. The zero-order valence-electron chi connectivity index (χ0n) is 12.0. The molecule has 0 spiro atoms. The van der Waals surface area contributed by atoms with E-state index in [1.807, 2.05) is 31.2 Å². The molecule has 0 unspecified atom stereocenters. The molecule has 106 valence electrons. The zero-order valence-corrected chi connectivity index (χ0v) is 12.0. The van der Waals surface area contributed by atoms with Crippen LogP contribution in [0.2, 0.25) is 0 Å². The molecule has 0 aliphatic heterocycles. The van der Waals surface area contributed by atoms with E-state index in [1.165, 1.54) is 0 Å². The van der Waals surface area contributed by atoms with E-state index in [9.17, 15) is 4.79 Å². The third kappa shape index (κ3) is 3.10. The minimum Gasteiger partial charge on any atom is -0.494 e. The Labute approximate surface area is 119 Å². The summed E-state index contributed by atoms with van der Waals surface area (Å²) in [6.45, 7) is 5.40. The first-order valence-electron chi connectivity index (χ1n) is 7.07. The molecule has 0 aliphatic carbocycles. The van der Waals surface area contributed by atoms with Gasteiger partial charge in [0.05, 0.1) is 18.8 Å². The van der Waals surface area contributed by atoms with Gasteiger partial charge in [-0.05, 0) is 36.4 Å². The quantitative estimate of drug-likeness (QED) is 0.707. The second-order valence-electron chi connectivity index (χ2n) is 4.68. The van der Waals surface area contributed by atoms with Crippen LogP contribution in [0.3, 0.4) is 0 Å². The van der Waals surface area contributed by atoms with Gasteiger partial charge in [0, 0.05) is 5.39 Å². The molecule has 0 saturated heterocycles. The maximum absolute atomic E-state index is 11.2. The van der Waals surface area contributed by atoms with E-state index in [-0.39, 0.29) is 0 Å². The van der Waals surface area contributed by atoms with Crippen LogP contribution in [0.25, 0.3) is 10.8 Å². The van der Waals surface area contributed by atoms with Gasteiger partial charge in [0.25, 0.3) is 0 Å². The van der Waals surface area contributed by atoms with Gasteiger partial charge in [-0.3, -0.25) is 4.79 Å². The third-order valence-corrected chi connectivity index (χ3v) is 3.02. The van der Waals surface area contributed by atoms with E-state index >= 15 is 0 Å². The Bertz CT molecular complexity index is 590. The lowest BCUT2D eigenvalue weighted by Gasteiger charge is -2.12. The Morgan fingerprint density at radius 1 is 1.00 bits per heavy atom. The standard InChI is InChI=1S/C17H20O3/c1-3-9-19-15-8-7-13-5-6-14(12-18)17(16(13)11-15)20-10-4-2/h5-8,11-12H,3-4,9-10H2,1-2H3. The third-order valence-electron chi connectivity index (χ3n) is 3.02. The lowest BCUT2D eigenvalue weighted by Crippen LogP contribution is -2.00. The number of carbonyl (C=O) groups excluding carboxylic acids is 1. The molecule has 0 bridgehead atoms. The summed E-state index contributed by atoms with van der Waals surface area (Å²) in [5.41, 5.74) is 0.582. The summed E-state index contributed by atoms with van der Waals surface area (Å²) in [4.78, 5) is 11.2. The molecular formula is C17H20O3.